The third kappa shape index (κ3) is 7.48. The van der Waals surface area contributed by atoms with Crippen LogP contribution in [-0.2, 0) is 29.0 Å². The van der Waals surface area contributed by atoms with Gasteiger partial charge in [0.15, 0.2) is 11.5 Å². The van der Waals surface area contributed by atoms with E-state index in [0.717, 1.165) is 22.3 Å². The first-order valence-corrected chi connectivity index (χ1v) is 13.0. The SMILES string of the molecule is COc1ccc(CC(=O)N(Cc2ccccc2)C(C(=O)NCCc2ccccc2)c2ccccc2)cc1OC. The minimum Gasteiger partial charge on any atom is -0.493 e. The van der Waals surface area contributed by atoms with Crippen LogP contribution in [0, 0.1) is 0 Å². The van der Waals surface area contributed by atoms with E-state index >= 15 is 0 Å². The molecule has 1 unspecified atom stereocenters. The van der Waals surface area contributed by atoms with Crippen molar-refractivity contribution in [1.82, 2.24) is 10.2 Å². The van der Waals surface area contributed by atoms with E-state index in [4.69, 9.17) is 9.47 Å². The second-order valence-electron chi connectivity index (χ2n) is 9.21. The molecule has 0 aliphatic heterocycles. The smallest absolute Gasteiger partial charge is 0.247 e. The van der Waals surface area contributed by atoms with Crippen LogP contribution < -0.4 is 14.8 Å². The van der Waals surface area contributed by atoms with Crippen molar-refractivity contribution in [3.05, 3.63) is 131 Å². The van der Waals surface area contributed by atoms with E-state index in [1.54, 1.807) is 31.3 Å². The van der Waals surface area contributed by atoms with Gasteiger partial charge in [-0.25, -0.2) is 0 Å². The first-order valence-electron chi connectivity index (χ1n) is 13.0. The van der Waals surface area contributed by atoms with Gasteiger partial charge >= 0.3 is 0 Å². The molecule has 4 rings (SSSR count). The zero-order valence-corrected chi connectivity index (χ0v) is 22.4. The fraction of sp³-hybridized carbons (Fsp3) is 0.212. The van der Waals surface area contributed by atoms with Crippen LogP contribution in [0.1, 0.15) is 28.3 Å². The maximum atomic E-state index is 14.0. The van der Waals surface area contributed by atoms with E-state index in [-0.39, 0.29) is 18.2 Å². The lowest BCUT2D eigenvalue weighted by Crippen LogP contribution is -2.44. The maximum absolute atomic E-state index is 14.0. The summed E-state index contributed by atoms with van der Waals surface area (Å²) in [4.78, 5) is 29.4. The van der Waals surface area contributed by atoms with Crippen molar-refractivity contribution in [2.45, 2.75) is 25.4 Å². The van der Waals surface area contributed by atoms with E-state index in [1.165, 1.54) is 0 Å². The van der Waals surface area contributed by atoms with Gasteiger partial charge in [0.1, 0.15) is 6.04 Å². The number of nitrogens with one attached hydrogen (secondary N) is 1. The van der Waals surface area contributed by atoms with Crippen molar-refractivity contribution >= 4 is 11.8 Å². The molecule has 0 aliphatic rings. The number of hydrogen-bond acceptors (Lipinski definition) is 4. The molecule has 200 valence electrons. The van der Waals surface area contributed by atoms with Gasteiger partial charge in [-0.1, -0.05) is 97.1 Å². The maximum Gasteiger partial charge on any atom is 0.247 e. The second-order valence-corrected chi connectivity index (χ2v) is 9.21. The molecular weight excluding hydrogens is 488 g/mol. The molecule has 0 aromatic heterocycles. The van der Waals surface area contributed by atoms with Crippen molar-refractivity contribution in [2.75, 3.05) is 20.8 Å². The molecule has 4 aromatic carbocycles. The zero-order chi connectivity index (χ0) is 27.5. The summed E-state index contributed by atoms with van der Waals surface area (Å²) in [5, 5.41) is 3.08. The van der Waals surface area contributed by atoms with Crippen LogP contribution in [0.4, 0.5) is 0 Å². The van der Waals surface area contributed by atoms with Crippen LogP contribution in [0.5, 0.6) is 11.5 Å². The Morgan fingerprint density at radius 1 is 0.718 bits per heavy atom. The highest BCUT2D eigenvalue weighted by Crippen LogP contribution is 2.29. The Hall–Kier alpha value is -4.58. The molecule has 0 saturated carbocycles. The quantitative estimate of drug-likeness (QED) is 0.271. The third-order valence-electron chi connectivity index (χ3n) is 6.55. The highest BCUT2D eigenvalue weighted by molar-refractivity contribution is 5.89. The topological polar surface area (TPSA) is 67.9 Å². The number of ether oxygens (including phenoxy) is 2. The summed E-state index contributed by atoms with van der Waals surface area (Å²) >= 11 is 0. The lowest BCUT2D eigenvalue weighted by molar-refractivity contribution is -0.141. The van der Waals surface area contributed by atoms with Crippen LogP contribution in [0.25, 0.3) is 0 Å². The Morgan fingerprint density at radius 3 is 1.92 bits per heavy atom. The average molecular weight is 523 g/mol. The molecule has 39 heavy (non-hydrogen) atoms. The van der Waals surface area contributed by atoms with Gasteiger partial charge in [0.25, 0.3) is 0 Å². The van der Waals surface area contributed by atoms with Gasteiger partial charge in [0.2, 0.25) is 11.8 Å². The zero-order valence-electron chi connectivity index (χ0n) is 22.4. The Balaban J connectivity index is 1.63. The monoisotopic (exact) mass is 522 g/mol. The molecule has 0 heterocycles. The highest BCUT2D eigenvalue weighted by atomic mass is 16.5. The molecule has 0 radical (unpaired) electrons. The number of rotatable bonds is 12. The molecule has 6 nitrogen and oxygen atoms in total. The van der Waals surface area contributed by atoms with Gasteiger partial charge < -0.3 is 19.7 Å². The Labute approximate surface area is 230 Å². The van der Waals surface area contributed by atoms with Gasteiger partial charge in [0, 0.05) is 13.1 Å². The molecule has 1 N–H and O–H groups in total. The molecule has 0 aliphatic carbocycles. The van der Waals surface area contributed by atoms with Crippen molar-refractivity contribution in [1.29, 1.82) is 0 Å². The Morgan fingerprint density at radius 2 is 1.31 bits per heavy atom. The summed E-state index contributed by atoms with van der Waals surface area (Å²) in [6.07, 6.45) is 0.806. The number of methoxy groups -OCH3 is 2. The number of carbonyl (C=O) groups excluding carboxylic acids is 2. The minimum atomic E-state index is -0.796. The predicted octanol–water partition coefficient (Wildman–Crippen LogP) is 5.38. The van der Waals surface area contributed by atoms with Crippen molar-refractivity contribution in [2.24, 2.45) is 0 Å². The molecule has 0 fully saturated rings. The van der Waals surface area contributed by atoms with E-state index in [9.17, 15) is 9.59 Å². The van der Waals surface area contributed by atoms with E-state index in [2.05, 4.69) is 5.32 Å². The number of carbonyl (C=O) groups is 2. The van der Waals surface area contributed by atoms with Crippen LogP contribution in [0.3, 0.4) is 0 Å². The largest absolute Gasteiger partial charge is 0.493 e. The van der Waals surface area contributed by atoms with E-state index in [0.29, 0.717) is 31.0 Å². The normalized spacial score (nSPS) is 11.3. The predicted molar refractivity (Wildman–Crippen MR) is 153 cm³/mol. The van der Waals surface area contributed by atoms with Gasteiger partial charge in [-0.05, 0) is 40.8 Å². The van der Waals surface area contributed by atoms with Gasteiger partial charge in [-0.15, -0.1) is 0 Å². The summed E-state index contributed by atoms with van der Waals surface area (Å²) in [5.74, 6) is 0.761. The van der Waals surface area contributed by atoms with Gasteiger partial charge in [-0.2, -0.15) is 0 Å². The fourth-order valence-corrected chi connectivity index (χ4v) is 4.55. The first-order chi connectivity index (χ1) is 19.1. The lowest BCUT2D eigenvalue weighted by Gasteiger charge is -2.32. The first kappa shape index (κ1) is 27.5. The molecule has 6 heteroatoms. The van der Waals surface area contributed by atoms with Crippen LogP contribution in [-0.4, -0.2) is 37.5 Å². The second kappa shape index (κ2) is 13.8. The molecule has 0 saturated heterocycles. The summed E-state index contributed by atoms with van der Waals surface area (Å²) in [7, 11) is 3.14. The van der Waals surface area contributed by atoms with Crippen molar-refractivity contribution in [3.8, 4) is 11.5 Å². The van der Waals surface area contributed by atoms with Crippen LogP contribution >= 0.6 is 0 Å². The third-order valence-corrected chi connectivity index (χ3v) is 6.55. The lowest BCUT2D eigenvalue weighted by atomic mass is 10.0. The van der Waals surface area contributed by atoms with Crippen LogP contribution in [0.15, 0.2) is 109 Å². The van der Waals surface area contributed by atoms with E-state index < -0.39 is 6.04 Å². The van der Waals surface area contributed by atoms with Crippen molar-refractivity contribution in [3.63, 3.8) is 0 Å². The molecule has 0 spiro atoms. The molecule has 4 aromatic rings. The van der Waals surface area contributed by atoms with E-state index in [1.807, 2.05) is 97.1 Å². The van der Waals surface area contributed by atoms with Crippen LogP contribution in [0.2, 0.25) is 0 Å². The number of nitrogens with zero attached hydrogens (tertiary/aromatic N) is 1. The number of hydrogen-bond donors (Lipinski definition) is 1. The highest BCUT2D eigenvalue weighted by Gasteiger charge is 2.31. The summed E-state index contributed by atoms with van der Waals surface area (Å²) in [6, 6.07) is 33.8. The summed E-state index contributed by atoms with van der Waals surface area (Å²) in [5.41, 5.74) is 3.61. The Bertz CT molecular complexity index is 1340. The standard InChI is InChI=1S/C33H34N2O4/c1-38-29-19-18-27(22-30(29)39-2)23-31(36)35(24-26-14-8-4-9-15-26)32(28-16-10-5-11-17-28)33(37)34-21-20-25-12-6-3-7-13-25/h3-19,22,32H,20-21,23-24H2,1-2H3,(H,34,37). The van der Waals surface area contributed by atoms with Gasteiger partial charge in [0.05, 0.1) is 20.6 Å². The minimum absolute atomic E-state index is 0.105. The summed E-state index contributed by atoms with van der Waals surface area (Å²) in [6.45, 7) is 0.758. The molecule has 2 amide bonds. The number of benzene rings is 4. The van der Waals surface area contributed by atoms with Gasteiger partial charge in [-0.3, -0.25) is 9.59 Å². The summed E-state index contributed by atoms with van der Waals surface area (Å²) < 4.78 is 10.8. The molecule has 1 atom stereocenters. The fourth-order valence-electron chi connectivity index (χ4n) is 4.55. The average Bonchev–Trinajstić information content (AvgIpc) is 2.98. The molecule has 0 bridgehead atoms. The number of amides is 2. The molecular formula is C33H34N2O4. The van der Waals surface area contributed by atoms with Crippen molar-refractivity contribution < 1.29 is 19.1 Å². The Kier molecular flexibility index (Phi) is 9.73.